The van der Waals surface area contributed by atoms with Crippen molar-refractivity contribution in [2.75, 3.05) is 12.4 Å². The van der Waals surface area contributed by atoms with Crippen LogP contribution < -0.4 is 11.2 Å². The Hall–Kier alpha value is -2.22. The molecule has 3 rings (SSSR count). The number of nitrogens with zero attached hydrogens (tertiary/aromatic N) is 3. The highest BCUT2D eigenvalue weighted by molar-refractivity contribution is 8.00. The number of nitrogen functional groups attached to an aromatic ring is 1. The minimum Gasteiger partial charge on any atom is -0.355 e. The predicted molar refractivity (Wildman–Crippen MR) is 123 cm³/mol. The smallest absolute Gasteiger partial charge is 0.233 e. The summed E-state index contributed by atoms with van der Waals surface area (Å²) in [5, 5.41) is 12.3. The summed E-state index contributed by atoms with van der Waals surface area (Å²) in [6, 6.07) is 15.2. The molecule has 30 heavy (non-hydrogen) atoms. The molecule has 3 N–H and O–H groups in total. The van der Waals surface area contributed by atoms with E-state index in [2.05, 4.69) is 34.6 Å². The second-order valence-corrected chi connectivity index (χ2v) is 8.97. The van der Waals surface area contributed by atoms with Gasteiger partial charge in [-0.25, -0.2) is 4.68 Å². The van der Waals surface area contributed by atoms with Crippen LogP contribution in [0.3, 0.4) is 0 Å². The zero-order valence-electron chi connectivity index (χ0n) is 16.7. The number of halogens is 2. The molecule has 0 saturated carbocycles. The summed E-state index contributed by atoms with van der Waals surface area (Å²) in [5.41, 5.74) is 1.79. The summed E-state index contributed by atoms with van der Waals surface area (Å²) >= 11 is 13.5. The SMILES string of the molecule is CC[C@@H](CNC(=O)[C@@H](C)Sc1nnc(-c2cc(Cl)ccc2Cl)n1N)c1ccccc1. The van der Waals surface area contributed by atoms with E-state index >= 15 is 0 Å². The number of amides is 1. The summed E-state index contributed by atoms with van der Waals surface area (Å²) in [4.78, 5) is 12.6. The molecule has 0 spiro atoms. The van der Waals surface area contributed by atoms with Crippen molar-refractivity contribution in [2.45, 2.75) is 36.6 Å². The number of hydrogen-bond donors (Lipinski definition) is 2. The topological polar surface area (TPSA) is 85.8 Å². The van der Waals surface area contributed by atoms with Gasteiger partial charge in [0, 0.05) is 23.0 Å². The quantitative estimate of drug-likeness (QED) is 0.371. The van der Waals surface area contributed by atoms with Gasteiger partial charge in [-0.15, -0.1) is 10.2 Å². The number of nitrogens with two attached hydrogens (primary N) is 1. The fourth-order valence-corrected chi connectivity index (χ4v) is 4.18. The number of thioether (sulfide) groups is 1. The van der Waals surface area contributed by atoms with Crippen molar-refractivity contribution in [2.24, 2.45) is 0 Å². The first-order chi connectivity index (χ1) is 14.4. The molecule has 1 amide bonds. The Labute approximate surface area is 190 Å². The first kappa shape index (κ1) is 22.5. The molecule has 6 nitrogen and oxygen atoms in total. The number of carbonyl (C=O) groups is 1. The van der Waals surface area contributed by atoms with Crippen molar-refractivity contribution in [3.05, 3.63) is 64.1 Å². The summed E-state index contributed by atoms with van der Waals surface area (Å²) in [5.74, 6) is 6.72. The molecule has 0 unspecified atom stereocenters. The number of nitrogens with one attached hydrogen (secondary N) is 1. The largest absolute Gasteiger partial charge is 0.355 e. The maximum Gasteiger partial charge on any atom is 0.233 e. The maximum atomic E-state index is 12.6. The molecular weight excluding hydrogens is 441 g/mol. The van der Waals surface area contributed by atoms with Gasteiger partial charge in [-0.05, 0) is 37.1 Å². The number of benzene rings is 2. The lowest BCUT2D eigenvalue weighted by atomic mass is 9.96. The van der Waals surface area contributed by atoms with Crippen molar-refractivity contribution in [1.29, 1.82) is 0 Å². The molecule has 0 radical (unpaired) electrons. The summed E-state index contributed by atoms with van der Waals surface area (Å²) < 4.78 is 1.32. The Morgan fingerprint density at radius 1 is 1.20 bits per heavy atom. The van der Waals surface area contributed by atoms with Crippen LogP contribution in [-0.2, 0) is 4.79 Å². The van der Waals surface area contributed by atoms with E-state index in [9.17, 15) is 4.79 Å². The molecule has 9 heteroatoms. The Morgan fingerprint density at radius 3 is 2.63 bits per heavy atom. The maximum absolute atomic E-state index is 12.6. The number of rotatable bonds is 8. The van der Waals surface area contributed by atoms with Crippen molar-refractivity contribution in [3.63, 3.8) is 0 Å². The molecule has 0 fully saturated rings. The lowest BCUT2D eigenvalue weighted by Crippen LogP contribution is -2.34. The molecule has 158 valence electrons. The van der Waals surface area contributed by atoms with Crippen LogP contribution in [0, 0.1) is 0 Å². The Bertz CT molecular complexity index is 1010. The van der Waals surface area contributed by atoms with Crippen LogP contribution in [0.4, 0.5) is 0 Å². The summed E-state index contributed by atoms with van der Waals surface area (Å²) in [6.07, 6.45) is 0.937. The van der Waals surface area contributed by atoms with E-state index < -0.39 is 5.25 Å². The minimum atomic E-state index is -0.396. The normalized spacial score (nSPS) is 13.1. The third-order valence-electron chi connectivity index (χ3n) is 4.77. The van der Waals surface area contributed by atoms with E-state index in [0.717, 1.165) is 6.42 Å². The minimum absolute atomic E-state index is 0.0836. The van der Waals surface area contributed by atoms with Crippen LogP contribution >= 0.6 is 35.0 Å². The summed E-state index contributed by atoms with van der Waals surface area (Å²) in [7, 11) is 0. The molecule has 0 aliphatic carbocycles. The van der Waals surface area contributed by atoms with E-state index in [1.165, 1.54) is 22.0 Å². The molecule has 3 aromatic rings. The summed E-state index contributed by atoms with van der Waals surface area (Å²) in [6.45, 7) is 4.49. The van der Waals surface area contributed by atoms with Crippen molar-refractivity contribution in [3.8, 4) is 11.4 Å². The van der Waals surface area contributed by atoms with Gasteiger partial charge in [0.05, 0.1) is 10.3 Å². The third-order valence-corrected chi connectivity index (χ3v) is 6.39. The van der Waals surface area contributed by atoms with E-state index in [1.54, 1.807) is 18.2 Å². The molecule has 2 aromatic carbocycles. The van der Waals surface area contributed by atoms with Gasteiger partial charge in [-0.1, -0.05) is 72.2 Å². The number of hydrogen-bond acceptors (Lipinski definition) is 5. The highest BCUT2D eigenvalue weighted by atomic mass is 35.5. The van der Waals surface area contributed by atoms with E-state index in [1.807, 2.05) is 25.1 Å². The van der Waals surface area contributed by atoms with Gasteiger partial charge in [0.1, 0.15) is 0 Å². The van der Waals surface area contributed by atoms with Crippen LogP contribution in [0.15, 0.2) is 53.7 Å². The van der Waals surface area contributed by atoms with Crippen LogP contribution in [-0.4, -0.2) is 32.6 Å². The Morgan fingerprint density at radius 2 is 1.93 bits per heavy atom. The van der Waals surface area contributed by atoms with Gasteiger partial charge < -0.3 is 11.2 Å². The van der Waals surface area contributed by atoms with Gasteiger partial charge in [-0.3, -0.25) is 4.79 Å². The monoisotopic (exact) mass is 463 g/mol. The molecule has 2 atom stereocenters. The molecule has 1 aromatic heterocycles. The Kier molecular flexibility index (Phi) is 7.64. The lowest BCUT2D eigenvalue weighted by molar-refractivity contribution is -0.120. The molecule has 0 aliphatic heterocycles. The third kappa shape index (κ3) is 5.28. The lowest BCUT2D eigenvalue weighted by Gasteiger charge is -2.18. The van der Waals surface area contributed by atoms with E-state index in [0.29, 0.717) is 33.1 Å². The Balaban J connectivity index is 1.64. The van der Waals surface area contributed by atoms with Crippen molar-refractivity contribution in [1.82, 2.24) is 20.2 Å². The number of carbonyl (C=O) groups excluding carboxylic acids is 1. The highest BCUT2D eigenvalue weighted by Gasteiger charge is 2.21. The molecule has 1 heterocycles. The fourth-order valence-electron chi connectivity index (χ4n) is 3.01. The van der Waals surface area contributed by atoms with Crippen LogP contribution in [0.1, 0.15) is 31.7 Å². The second-order valence-electron chi connectivity index (χ2n) is 6.82. The molecule has 0 saturated heterocycles. The second kappa shape index (κ2) is 10.2. The van der Waals surface area contributed by atoms with Crippen molar-refractivity contribution < 1.29 is 4.79 Å². The van der Waals surface area contributed by atoms with Crippen LogP contribution in [0.2, 0.25) is 10.0 Å². The standard InChI is InChI=1S/C21H23Cl2N5OS/c1-3-14(15-7-5-4-6-8-15)12-25-20(29)13(2)30-21-27-26-19(28(21)24)17-11-16(22)9-10-18(17)23/h4-11,13-14H,3,12,24H2,1-2H3,(H,25,29)/t13-,14+/m1/s1. The van der Waals surface area contributed by atoms with Gasteiger partial charge in [0.15, 0.2) is 5.82 Å². The van der Waals surface area contributed by atoms with Crippen LogP contribution in [0.25, 0.3) is 11.4 Å². The molecule has 0 bridgehead atoms. The molecular formula is C21H23Cl2N5OS. The average molecular weight is 464 g/mol. The first-order valence-corrected chi connectivity index (χ1v) is 11.2. The van der Waals surface area contributed by atoms with Gasteiger partial charge in [-0.2, -0.15) is 0 Å². The average Bonchev–Trinajstić information content (AvgIpc) is 3.10. The molecule has 0 aliphatic rings. The van der Waals surface area contributed by atoms with Gasteiger partial charge in [0.2, 0.25) is 11.1 Å². The van der Waals surface area contributed by atoms with E-state index in [-0.39, 0.29) is 11.8 Å². The first-order valence-electron chi connectivity index (χ1n) is 9.56. The van der Waals surface area contributed by atoms with Crippen molar-refractivity contribution >= 4 is 40.9 Å². The van der Waals surface area contributed by atoms with Crippen LogP contribution in [0.5, 0.6) is 0 Å². The highest BCUT2D eigenvalue weighted by Crippen LogP contribution is 2.31. The predicted octanol–water partition coefficient (Wildman–Crippen LogP) is 4.76. The zero-order chi connectivity index (χ0) is 21.7. The number of aromatic nitrogens is 3. The van der Waals surface area contributed by atoms with Gasteiger partial charge in [0.25, 0.3) is 0 Å². The van der Waals surface area contributed by atoms with Gasteiger partial charge >= 0.3 is 0 Å². The fraction of sp³-hybridized carbons (Fsp3) is 0.286. The van der Waals surface area contributed by atoms with E-state index in [4.69, 9.17) is 29.0 Å². The zero-order valence-corrected chi connectivity index (χ0v) is 19.0.